The summed E-state index contributed by atoms with van der Waals surface area (Å²) in [7, 11) is 0. The van der Waals surface area contributed by atoms with E-state index in [1.54, 1.807) is 0 Å². The number of aryl methyl sites for hydroxylation is 2. The van der Waals surface area contributed by atoms with Crippen molar-refractivity contribution in [2.75, 3.05) is 25.0 Å². The van der Waals surface area contributed by atoms with Crippen molar-refractivity contribution >= 4 is 11.6 Å². The molecule has 0 unspecified atom stereocenters. The van der Waals surface area contributed by atoms with E-state index in [9.17, 15) is 4.79 Å². The summed E-state index contributed by atoms with van der Waals surface area (Å²) in [6.45, 7) is 9.81. The molecule has 2 N–H and O–H groups in total. The Morgan fingerprint density at radius 2 is 2.05 bits per heavy atom. The molecule has 0 aliphatic carbocycles. The number of rotatable bonds is 3. The first-order chi connectivity index (χ1) is 8.95. The lowest BCUT2D eigenvalue weighted by atomic mass is 10.2. The third-order valence-electron chi connectivity index (χ3n) is 3.25. The second-order valence-electron chi connectivity index (χ2n) is 5.31. The number of amides is 1. The number of morpholine rings is 1. The molecule has 1 saturated heterocycles. The van der Waals surface area contributed by atoms with Gasteiger partial charge in [-0.15, -0.1) is 0 Å². The first kappa shape index (κ1) is 14.0. The molecule has 1 aromatic rings. The van der Waals surface area contributed by atoms with Gasteiger partial charge in [0.1, 0.15) is 0 Å². The van der Waals surface area contributed by atoms with Gasteiger partial charge >= 0.3 is 0 Å². The molecule has 1 aliphatic heterocycles. The minimum Gasteiger partial charge on any atom is -0.373 e. The van der Waals surface area contributed by atoms with E-state index >= 15 is 0 Å². The summed E-state index contributed by atoms with van der Waals surface area (Å²) < 4.78 is 5.65. The van der Waals surface area contributed by atoms with Gasteiger partial charge < -0.3 is 10.1 Å². The summed E-state index contributed by atoms with van der Waals surface area (Å²) in [6.07, 6.45) is 0.350. The fourth-order valence-corrected chi connectivity index (χ4v) is 2.53. The third-order valence-corrected chi connectivity index (χ3v) is 3.25. The molecule has 2 atom stereocenters. The number of ether oxygens (including phenoxy) is 1. The van der Waals surface area contributed by atoms with Crippen molar-refractivity contribution in [3.63, 3.8) is 0 Å². The SMILES string of the molecule is Cc1n[nH]c(C)c1NC(=O)CN1C[C@@H](C)O[C@@H](C)C1. The Labute approximate surface area is 113 Å². The molecule has 19 heavy (non-hydrogen) atoms. The smallest absolute Gasteiger partial charge is 0.238 e. The number of nitrogens with zero attached hydrogens (tertiary/aromatic N) is 2. The lowest BCUT2D eigenvalue weighted by Crippen LogP contribution is -2.48. The molecule has 1 fully saturated rings. The quantitative estimate of drug-likeness (QED) is 0.858. The van der Waals surface area contributed by atoms with Crippen LogP contribution in [0.5, 0.6) is 0 Å². The highest BCUT2D eigenvalue weighted by Gasteiger charge is 2.24. The van der Waals surface area contributed by atoms with Crippen LogP contribution in [-0.4, -0.2) is 52.8 Å². The van der Waals surface area contributed by atoms with Crippen molar-refractivity contribution in [1.29, 1.82) is 0 Å². The Morgan fingerprint density at radius 3 is 2.58 bits per heavy atom. The van der Waals surface area contributed by atoms with Gasteiger partial charge in [-0.25, -0.2) is 0 Å². The number of H-pyrrole nitrogens is 1. The third kappa shape index (κ3) is 3.54. The van der Waals surface area contributed by atoms with Gasteiger partial charge in [0, 0.05) is 13.1 Å². The van der Waals surface area contributed by atoms with Crippen LogP contribution in [0.4, 0.5) is 5.69 Å². The van der Waals surface area contributed by atoms with Gasteiger partial charge in [-0.05, 0) is 27.7 Å². The van der Waals surface area contributed by atoms with E-state index in [0.29, 0.717) is 6.54 Å². The van der Waals surface area contributed by atoms with Crippen LogP contribution in [0.2, 0.25) is 0 Å². The van der Waals surface area contributed by atoms with Gasteiger partial charge in [0.15, 0.2) is 0 Å². The van der Waals surface area contributed by atoms with E-state index in [4.69, 9.17) is 4.74 Å². The Morgan fingerprint density at radius 1 is 1.42 bits per heavy atom. The van der Waals surface area contributed by atoms with Gasteiger partial charge in [-0.2, -0.15) is 5.10 Å². The molecule has 0 radical (unpaired) electrons. The lowest BCUT2D eigenvalue weighted by Gasteiger charge is -2.34. The monoisotopic (exact) mass is 266 g/mol. The molecule has 106 valence electrons. The molecule has 0 saturated carbocycles. The molecule has 1 aliphatic rings. The summed E-state index contributed by atoms with van der Waals surface area (Å²) in [5.41, 5.74) is 2.49. The van der Waals surface area contributed by atoms with Crippen molar-refractivity contribution in [3.8, 4) is 0 Å². The number of nitrogens with one attached hydrogen (secondary N) is 2. The van der Waals surface area contributed by atoms with E-state index in [0.717, 1.165) is 30.2 Å². The fraction of sp³-hybridized carbons (Fsp3) is 0.692. The van der Waals surface area contributed by atoms with E-state index in [-0.39, 0.29) is 18.1 Å². The first-order valence-corrected chi connectivity index (χ1v) is 6.65. The Bertz CT molecular complexity index is 428. The van der Waals surface area contributed by atoms with Crippen LogP contribution in [0.1, 0.15) is 25.2 Å². The highest BCUT2D eigenvalue weighted by molar-refractivity contribution is 5.93. The first-order valence-electron chi connectivity index (χ1n) is 6.65. The highest BCUT2D eigenvalue weighted by Crippen LogP contribution is 2.16. The average Bonchev–Trinajstić information content (AvgIpc) is 2.59. The van der Waals surface area contributed by atoms with Crippen molar-refractivity contribution in [1.82, 2.24) is 15.1 Å². The Hall–Kier alpha value is -1.40. The van der Waals surface area contributed by atoms with Crippen LogP contribution < -0.4 is 5.32 Å². The molecule has 2 rings (SSSR count). The number of aromatic amines is 1. The van der Waals surface area contributed by atoms with Crippen LogP contribution in [0.15, 0.2) is 0 Å². The molecule has 0 aromatic carbocycles. The molecule has 6 nitrogen and oxygen atoms in total. The molecule has 2 heterocycles. The molecule has 6 heteroatoms. The standard InChI is InChI=1S/C13H22N4O2/c1-8-5-17(6-9(2)19-8)7-12(18)14-13-10(3)15-16-11(13)4/h8-9H,5-7H2,1-4H3,(H,14,18)(H,15,16)/t8-,9+. The van der Waals surface area contributed by atoms with Gasteiger partial charge in [0.2, 0.25) is 5.91 Å². The molecular formula is C13H22N4O2. The second kappa shape index (κ2) is 5.71. The lowest BCUT2D eigenvalue weighted by molar-refractivity contribution is -0.121. The minimum atomic E-state index is -0.00565. The number of hydrogen-bond acceptors (Lipinski definition) is 4. The van der Waals surface area contributed by atoms with Gasteiger partial charge in [-0.3, -0.25) is 14.8 Å². The number of carbonyl (C=O) groups is 1. The normalized spacial score (nSPS) is 24.4. The minimum absolute atomic E-state index is 0.00565. The molecule has 1 amide bonds. The summed E-state index contributed by atoms with van der Waals surface area (Å²) in [5, 5.41) is 9.85. The zero-order valence-electron chi connectivity index (χ0n) is 12.0. The molecular weight excluding hydrogens is 244 g/mol. The van der Waals surface area contributed by atoms with Crippen LogP contribution in [0, 0.1) is 13.8 Å². The van der Waals surface area contributed by atoms with Crippen LogP contribution in [0.25, 0.3) is 0 Å². The number of carbonyl (C=O) groups excluding carboxylic acids is 1. The van der Waals surface area contributed by atoms with E-state index in [2.05, 4.69) is 20.4 Å². The van der Waals surface area contributed by atoms with Crippen molar-refractivity contribution in [3.05, 3.63) is 11.4 Å². The fourth-order valence-electron chi connectivity index (χ4n) is 2.53. The summed E-state index contributed by atoms with van der Waals surface area (Å²) in [5.74, 6) is -0.00565. The maximum Gasteiger partial charge on any atom is 0.238 e. The second-order valence-corrected chi connectivity index (χ2v) is 5.31. The van der Waals surface area contributed by atoms with Gasteiger partial charge in [0.05, 0.1) is 35.8 Å². The van der Waals surface area contributed by atoms with Crippen LogP contribution >= 0.6 is 0 Å². The molecule has 0 spiro atoms. The Balaban J connectivity index is 1.91. The van der Waals surface area contributed by atoms with E-state index in [1.165, 1.54) is 0 Å². The van der Waals surface area contributed by atoms with Crippen LogP contribution in [-0.2, 0) is 9.53 Å². The van der Waals surface area contributed by atoms with E-state index < -0.39 is 0 Å². The largest absolute Gasteiger partial charge is 0.373 e. The number of hydrogen-bond donors (Lipinski definition) is 2. The zero-order chi connectivity index (χ0) is 14.0. The predicted molar refractivity (Wildman–Crippen MR) is 73.1 cm³/mol. The molecule has 1 aromatic heterocycles. The summed E-state index contributed by atoms with van der Waals surface area (Å²) in [6, 6.07) is 0. The van der Waals surface area contributed by atoms with Crippen molar-refractivity contribution in [2.24, 2.45) is 0 Å². The van der Waals surface area contributed by atoms with Crippen molar-refractivity contribution in [2.45, 2.75) is 39.9 Å². The zero-order valence-corrected chi connectivity index (χ0v) is 12.0. The Kier molecular flexibility index (Phi) is 4.21. The molecule has 0 bridgehead atoms. The van der Waals surface area contributed by atoms with E-state index in [1.807, 2.05) is 27.7 Å². The van der Waals surface area contributed by atoms with Gasteiger partial charge in [-0.1, -0.05) is 0 Å². The highest BCUT2D eigenvalue weighted by atomic mass is 16.5. The predicted octanol–water partition coefficient (Wildman–Crippen LogP) is 1.07. The number of anilines is 1. The maximum atomic E-state index is 12.1. The number of aromatic nitrogens is 2. The summed E-state index contributed by atoms with van der Waals surface area (Å²) in [4.78, 5) is 14.2. The topological polar surface area (TPSA) is 70.2 Å². The van der Waals surface area contributed by atoms with Crippen LogP contribution in [0.3, 0.4) is 0 Å². The average molecular weight is 266 g/mol. The summed E-state index contributed by atoms with van der Waals surface area (Å²) >= 11 is 0. The van der Waals surface area contributed by atoms with Gasteiger partial charge in [0.25, 0.3) is 0 Å². The maximum absolute atomic E-state index is 12.1. The van der Waals surface area contributed by atoms with Crippen molar-refractivity contribution < 1.29 is 9.53 Å².